The van der Waals surface area contributed by atoms with E-state index in [-0.39, 0.29) is 18.0 Å². The van der Waals surface area contributed by atoms with E-state index in [0.29, 0.717) is 25.1 Å². The van der Waals surface area contributed by atoms with E-state index in [9.17, 15) is 23.9 Å². The number of allylic oxidation sites excluding steroid dienone is 2. The lowest BCUT2D eigenvalue weighted by Gasteiger charge is -2.24. The predicted octanol–water partition coefficient (Wildman–Crippen LogP) is 2.56. The van der Waals surface area contributed by atoms with Gasteiger partial charge in [-0.15, -0.1) is 0 Å². The molecule has 0 spiro atoms. The highest BCUT2D eigenvalue weighted by Gasteiger charge is 2.34. The Labute approximate surface area is 144 Å². The van der Waals surface area contributed by atoms with Crippen LogP contribution < -0.4 is 10.2 Å². The molecule has 2 aliphatic rings. The predicted molar refractivity (Wildman–Crippen MR) is 89.6 cm³/mol. The quantitative estimate of drug-likeness (QED) is 0.821. The molecule has 0 radical (unpaired) electrons. The first-order valence-corrected chi connectivity index (χ1v) is 8.26. The Morgan fingerprint density at radius 3 is 2.56 bits per heavy atom. The number of carboxylic acids is 1. The second-order valence-corrected chi connectivity index (χ2v) is 6.30. The van der Waals surface area contributed by atoms with Gasteiger partial charge in [0, 0.05) is 18.7 Å². The number of anilines is 2. The molecule has 6 nitrogen and oxygen atoms in total. The van der Waals surface area contributed by atoms with E-state index in [2.05, 4.69) is 5.32 Å². The highest BCUT2D eigenvalue weighted by atomic mass is 19.1. The Morgan fingerprint density at radius 1 is 1.20 bits per heavy atom. The van der Waals surface area contributed by atoms with Gasteiger partial charge in [-0.1, -0.05) is 12.2 Å². The number of carboxylic acid groups (broad SMARTS) is 1. The topological polar surface area (TPSA) is 86.7 Å². The first-order valence-electron chi connectivity index (χ1n) is 8.26. The Morgan fingerprint density at radius 2 is 1.92 bits per heavy atom. The third-order valence-corrected chi connectivity index (χ3v) is 4.68. The van der Waals surface area contributed by atoms with Crippen LogP contribution in [0.5, 0.6) is 0 Å². The highest BCUT2D eigenvalue weighted by Crippen LogP contribution is 2.30. The zero-order valence-electron chi connectivity index (χ0n) is 13.6. The lowest BCUT2D eigenvalue weighted by molar-refractivity contribution is -0.146. The maximum absolute atomic E-state index is 14.1. The molecule has 1 saturated heterocycles. The average molecular weight is 346 g/mol. The minimum absolute atomic E-state index is 0.0350. The zero-order chi connectivity index (χ0) is 18.0. The van der Waals surface area contributed by atoms with Gasteiger partial charge in [0.15, 0.2) is 0 Å². The van der Waals surface area contributed by atoms with Crippen molar-refractivity contribution in [1.82, 2.24) is 0 Å². The fourth-order valence-corrected chi connectivity index (χ4v) is 3.30. The van der Waals surface area contributed by atoms with E-state index in [1.165, 1.54) is 18.2 Å². The molecule has 2 N–H and O–H groups in total. The van der Waals surface area contributed by atoms with Crippen LogP contribution in [0, 0.1) is 17.7 Å². The van der Waals surface area contributed by atoms with Crippen molar-refractivity contribution < 1.29 is 23.9 Å². The SMILES string of the molecule is O=C(O)[C@@H]1CC=CC[C@H]1C(=O)Nc1cc(N2CCCC2=O)ccc1F. The molecule has 2 atom stereocenters. The molecule has 0 aromatic heterocycles. The van der Waals surface area contributed by atoms with E-state index >= 15 is 0 Å². The zero-order valence-corrected chi connectivity index (χ0v) is 13.6. The molecule has 1 aliphatic heterocycles. The molecule has 1 fully saturated rings. The maximum atomic E-state index is 14.1. The van der Waals surface area contributed by atoms with Crippen LogP contribution in [0.3, 0.4) is 0 Å². The van der Waals surface area contributed by atoms with Gasteiger partial charge < -0.3 is 15.3 Å². The van der Waals surface area contributed by atoms with Crippen LogP contribution in [0.4, 0.5) is 15.8 Å². The number of nitrogens with one attached hydrogen (secondary N) is 1. The Hall–Kier alpha value is -2.70. The number of hydrogen-bond acceptors (Lipinski definition) is 3. The van der Waals surface area contributed by atoms with E-state index in [1.54, 1.807) is 17.1 Å². The number of carbonyl (C=O) groups excluding carboxylic acids is 2. The Bertz CT molecular complexity index is 747. The van der Waals surface area contributed by atoms with Crippen molar-refractivity contribution in [3.63, 3.8) is 0 Å². The summed E-state index contributed by atoms with van der Waals surface area (Å²) in [6.07, 6.45) is 5.27. The summed E-state index contributed by atoms with van der Waals surface area (Å²) in [4.78, 5) is 37.2. The van der Waals surface area contributed by atoms with Crippen LogP contribution in [-0.2, 0) is 14.4 Å². The van der Waals surface area contributed by atoms with Gasteiger partial charge in [-0.2, -0.15) is 0 Å². The average Bonchev–Trinajstić information content (AvgIpc) is 3.02. The minimum atomic E-state index is -1.04. The third kappa shape index (κ3) is 3.55. The Kier molecular flexibility index (Phi) is 4.83. The first-order chi connectivity index (χ1) is 12.0. The maximum Gasteiger partial charge on any atom is 0.307 e. The molecule has 3 rings (SSSR count). The smallest absolute Gasteiger partial charge is 0.307 e. The number of aliphatic carboxylic acids is 1. The summed E-state index contributed by atoms with van der Waals surface area (Å²) in [6, 6.07) is 4.12. The molecule has 132 valence electrons. The summed E-state index contributed by atoms with van der Waals surface area (Å²) in [5.74, 6) is -3.80. The molecule has 0 saturated carbocycles. The second-order valence-electron chi connectivity index (χ2n) is 6.30. The van der Waals surface area contributed by atoms with Crippen molar-refractivity contribution >= 4 is 29.2 Å². The summed E-state index contributed by atoms with van der Waals surface area (Å²) in [5, 5.41) is 11.8. The standard InChI is InChI=1S/C18H19FN2O4/c19-14-8-7-11(21-9-3-6-16(21)22)10-15(14)20-17(23)12-4-1-2-5-13(12)18(24)25/h1-2,7-8,10,12-13H,3-6,9H2,(H,20,23)(H,24,25)/t12-,13-/m1/s1. The van der Waals surface area contributed by atoms with Gasteiger partial charge in [-0.05, 0) is 37.5 Å². The van der Waals surface area contributed by atoms with Gasteiger partial charge in [0.1, 0.15) is 5.82 Å². The summed E-state index contributed by atoms with van der Waals surface area (Å²) >= 11 is 0. The molecule has 1 aliphatic carbocycles. The van der Waals surface area contributed by atoms with Gasteiger partial charge in [-0.25, -0.2) is 4.39 Å². The van der Waals surface area contributed by atoms with Crippen molar-refractivity contribution in [2.45, 2.75) is 25.7 Å². The molecule has 25 heavy (non-hydrogen) atoms. The van der Waals surface area contributed by atoms with Crippen molar-refractivity contribution in [3.8, 4) is 0 Å². The number of carbonyl (C=O) groups is 3. The summed E-state index contributed by atoms with van der Waals surface area (Å²) in [7, 11) is 0. The molecule has 0 bridgehead atoms. The van der Waals surface area contributed by atoms with Crippen LogP contribution in [-0.4, -0.2) is 29.4 Å². The van der Waals surface area contributed by atoms with E-state index < -0.39 is 29.5 Å². The van der Waals surface area contributed by atoms with Crippen LogP contribution in [0.2, 0.25) is 0 Å². The van der Waals surface area contributed by atoms with Crippen LogP contribution in [0.1, 0.15) is 25.7 Å². The van der Waals surface area contributed by atoms with Gasteiger partial charge in [0.25, 0.3) is 0 Å². The second kappa shape index (κ2) is 7.04. The number of nitrogens with zero attached hydrogens (tertiary/aromatic N) is 1. The van der Waals surface area contributed by atoms with Gasteiger partial charge >= 0.3 is 5.97 Å². The molecule has 7 heteroatoms. The van der Waals surface area contributed by atoms with Gasteiger partial charge in [-0.3, -0.25) is 14.4 Å². The number of rotatable bonds is 4. The minimum Gasteiger partial charge on any atom is -0.481 e. The summed E-state index contributed by atoms with van der Waals surface area (Å²) < 4.78 is 14.1. The van der Waals surface area contributed by atoms with Crippen LogP contribution in [0.15, 0.2) is 30.4 Å². The van der Waals surface area contributed by atoms with Crippen LogP contribution in [0.25, 0.3) is 0 Å². The first kappa shape index (κ1) is 17.1. The third-order valence-electron chi connectivity index (χ3n) is 4.68. The van der Waals surface area contributed by atoms with Crippen molar-refractivity contribution in [3.05, 3.63) is 36.2 Å². The lowest BCUT2D eigenvalue weighted by atomic mass is 9.82. The summed E-state index contributed by atoms with van der Waals surface area (Å²) in [5.41, 5.74) is 0.485. The van der Waals surface area contributed by atoms with Crippen LogP contribution >= 0.6 is 0 Å². The molecular formula is C18H19FN2O4. The van der Waals surface area contributed by atoms with E-state index in [0.717, 1.165) is 6.42 Å². The number of benzene rings is 1. The van der Waals surface area contributed by atoms with Gasteiger partial charge in [0.05, 0.1) is 17.5 Å². The molecular weight excluding hydrogens is 327 g/mol. The number of amides is 2. The molecule has 1 aromatic rings. The number of halogens is 1. The normalized spacial score (nSPS) is 22.9. The Balaban J connectivity index is 1.79. The monoisotopic (exact) mass is 346 g/mol. The van der Waals surface area contributed by atoms with E-state index in [4.69, 9.17) is 0 Å². The van der Waals surface area contributed by atoms with Crippen molar-refractivity contribution in [1.29, 1.82) is 0 Å². The largest absolute Gasteiger partial charge is 0.481 e. The van der Waals surface area contributed by atoms with Crippen molar-refractivity contribution in [2.75, 3.05) is 16.8 Å². The van der Waals surface area contributed by atoms with E-state index in [1.807, 2.05) is 0 Å². The fraction of sp³-hybridized carbons (Fsp3) is 0.389. The summed E-state index contributed by atoms with van der Waals surface area (Å²) in [6.45, 7) is 0.562. The highest BCUT2D eigenvalue weighted by molar-refractivity contribution is 5.98. The molecule has 2 amide bonds. The molecule has 0 unspecified atom stereocenters. The molecule has 1 heterocycles. The fourth-order valence-electron chi connectivity index (χ4n) is 3.30. The lowest BCUT2D eigenvalue weighted by Crippen LogP contribution is -2.35. The number of hydrogen-bond donors (Lipinski definition) is 2. The van der Waals surface area contributed by atoms with Crippen molar-refractivity contribution in [2.24, 2.45) is 11.8 Å². The van der Waals surface area contributed by atoms with Gasteiger partial charge in [0.2, 0.25) is 11.8 Å². The molecule has 1 aromatic carbocycles.